The average molecular weight is 277 g/mol. The number of amides is 3. The fourth-order valence-electron chi connectivity index (χ4n) is 2.58. The number of nitrogens with one attached hydrogen (secondary N) is 1. The molecule has 2 rings (SSSR count). The smallest absolute Gasteiger partial charge is 0.318 e. The minimum Gasteiger partial charge on any atom is -0.497 e. The van der Waals surface area contributed by atoms with Gasteiger partial charge in [0.05, 0.1) is 13.7 Å². The van der Waals surface area contributed by atoms with Crippen LogP contribution in [0.1, 0.15) is 24.4 Å². The Morgan fingerprint density at radius 3 is 2.70 bits per heavy atom. The van der Waals surface area contributed by atoms with Crippen LogP contribution in [0.2, 0.25) is 0 Å². The molecular formula is C14H19N3O3. The van der Waals surface area contributed by atoms with Gasteiger partial charge in [0.15, 0.2) is 0 Å². The van der Waals surface area contributed by atoms with Crippen LogP contribution >= 0.6 is 0 Å². The summed E-state index contributed by atoms with van der Waals surface area (Å²) in [6.07, 6.45) is 2.02. The largest absolute Gasteiger partial charge is 0.497 e. The Balaban J connectivity index is 2.02. The van der Waals surface area contributed by atoms with Crippen molar-refractivity contribution in [1.82, 2.24) is 10.2 Å². The summed E-state index contributed by atoms with van der Waals surface area (Å²) in [5.41, 5.74) is 6.09. The molecule has 6 nitrogen and oxygen atoms in total. The van der Waals surface area contributed by atoms with Gasteiger partial charge in [-0.2, -0.15) is 0 Å². The third-order valence-corrected chi connectivity index (χ3v) is 3.47. The lowest BCUT2D eigenvalue weighted by molar-refractivity contribution is -0.121. The van der Waals surface area contributed by atoms with Crippen molar-refractivity contribution >= 4 is 11.9 Å². The third kappa shape index (κ3) is 3.48. The molecule has 0 aromatic heterocycles. The summed E-state index contributed by atoms with van der Waals surface area (Å²) >= 11 is 0. The first-order valence-corrected chi connectivity index (χ1v) is 6.57. The Kier molecular flexibility index (Phi) is 4.57. The van der Waals surface area contributed by atoms with Crippen LogP contribution in [0.4, 0.5) is 4.79 Å². The van der Waals surface area contributed by atoms with Gasteiger partial charge in [-0.25, -0.2) is 4.79 Å². The number of hydrogen-bond acceptors (Lipinski definition) is 4. The maximum atomic E-state index is 11.6. The molecule has 6 heteroatoms. The van der Waals surface area contributed by atoms with Crippen molar-refractivity contribution in [2.75, 3.05) is 20.2 Å². The summed E-state index contributed by atoms with van der Waals surface area (Å²) in [5, 5.41) is 2.10. The van der Waals surface area contributed by atoms with Gasteiger partial charge in [0, 0.05) is 6.04 Å². The molecule has 20 heavy (non-hydrogen) atoms. The lowest BCUT2D eigenvalue weighted by Gasteiger charge is -2.24. The van der Waals surface area contributed by atoms with E-state index in [2.05, 4.69) is 10.2 Å². The molecule has 1 aliphatic heterocycles. The van der Waals surface area contributed by atoms with E-state index in [1.165, 1.54) is 0 Å². The van der Waals surface area contributed by atoms with E-state index in [1.807, 2.05) is 24.3 Å². The molecule has 1 heterocycles. The number of hydrogen-bond donors (Lipinski definition) is 2. The van der Waals surface area contributed by atoms with E-state index < -0.39 is 6.03 Å². The van der Waals surface area contributed by atoms with E-state index in [9.17, 15) is 9.59 Å². The number of carbonyl (C=O) groups excluding carboxylic acids is 2. The number of urea groups is 1. The van der Waals surface area contributed by atoms with Gasteiger partial charge in [-0.05, 0) is 37.1 Å². The SMILES string of the molecule is COc1ccc([C@H]2CCCN2CC(=O)NC(N)=O)cc1. The number of primary amides is 1. The summed E-state index contributed by atoms with van der Waals surface area (Å²) in [7, 11) is 1.63. The zero-order valence-electron chi connectivity index (χ0n) is 11.5. The molecule has 3 N–H and O–H groups in total. The average Bonchev–Trinajstić information content (AvgIpc) is 2.86. The predicted molar refractivity (Wildman–Crippen MR) is 74.3 cm³/mol. The molecule has 0 saturated carbocycles. The number of carbonyl (C=O) groups is 2. The molecule has 1 aromatic carbocycles. The first-order valence-electron chi connectivity index (χ1n) is 6.57. The zero-order valence-corrected chi connectivity index (χ0v) is 11.5. The molecular weight excluding hydrogens is 258 g/mol. The number of nitrogens with zero attached hydrogens (tertiary/aromatic N) is 1. The number of likely N-dealkylation sites (tertiary alicyclic amines) is 1. The summed E-state index contributed by atoms with van der Waals surface area (Å²) in [4.78, 5) is 24.3. The quantitative estimate of drug-likeness (QED) is 0.860. The Bertz CT molecular complexity index is 487. The van der Waals surface area contributed by atoms with Gasteiger partial charge >= 0.3 is 6.03 Å². The first kappa shape index (κ1) is 14.3. The fourth-order valence-corrected chi connectivity index (χ4v) is 2.58. The van der Waals surface area contributed by atoms with Crippen LogP contribution in [0.5, 0.6) is 5.75 Å². The second-order valence-electron chi connectivity index (χ2n) is 4.81. The maximum Gasteiger partial charge on any atom is 0.318 e. The molecule has 1 fully saturated rings. The number of methoxy groups -OCH3 is 1. The van der Waals surface area contributed by atoms with E-state index >= 15 is 0 Å². The molecule has 0 radical (unpaired) electrons. The van der Waals surface area contributed by atoms with E-state index in [0.717, 1.165) is 30.7 Å². The Labute approximate surface area is 117 Å². The minimum absolute atomic E-state index is 0.180. The summed E-state index contributed by atoms with van der Waals surface area (Å²) in [5.74, 6) is 0.447. The van der Waals surface area contributed by atoms with Crippen LogP contribution < -0.4 is 15.8 Å². The van der Waals surface area contributed by atoms with Gasteiger partial charge in [-0.3, -0.25) is 15.0 Å². The number of benzene rings is 1. The molecule has 0 bridgehead atoms. The van der Waals surface area contributed by atoms with Crippen molar-refractivity contribution in [2.45, 2.75) is 18.9 Å². The molecule has 1 atom stereocenters. The van der Waals surface area contributed by atoms with Crippen LogP contribution in [0, 0.1) is 0 Å². The van der Waals surface area contributed by atoms with Crippen molar-refractivity contribution in [2.24, 2.45) is 5.73 Å². The monoisotopic (exact) mass is 277 g/mol. The van der Waals surface area contributed by atoms with Crippen LogP contribution in [-0.4, -0.2) is 37.0 Å². The Morgan fingerprint density at radius 1 is 1.40 bits per heavy atom. The number of imide groups is 1. The number of ether oxygens (including phenoxy) is 1. The molecule has 3 amide bonds. The van der Waals surface area contributed by atoms with E-state index in [4.69, 9.17) is 10.5 Å². The minimum atomic E-state index is -0.810. The van der Waals surface area contributed by atoms with Crippen LogP contribution in [0.3, 0.4) is 0 Å². The highest BCUT2D eigenvalue weighted by atomic mass is 16.5. The van der Waals surface area contributed by atoms with Gasteiger partial charge < -0.3 is 10.5 Å². The summed E-state index contributed by atoms with van der Waals surface area (Å²) in [6, 6.07) is 7.22. The van der Waals surface area contributed by atoms with E-state index in [-0.39, 0.29) is 18.5 Å². The maximum absolute atomic E-state index is 11.6. The van der Waals surface area contributed by atoms with E-state index in [1.54, 1.807) is 7.11 Å². The van der Waals surface area contributed by atoms with Crippen LogP contribution in [0.25, 0.3) is 0 Å². The molecule has 1 aliphatic rings. The van der Waals surface area contributed by atoms with Crippen LogP contribution in [-0.2, 0) is 4.79 Å². The summed E-state index contributed by atoms with van der Waals surface area (Å²) < 4.78 is 5.14. The molecule has 0 unspecified atom stereocenters. The standard InChI is InChI=1S/C14H19N3O3/c1-20-11-6-4-10(5-7-11)12-3-2-8-17(12)9-13(18)16-14(15)19/h4-7,12H,2-3,8-9H2,1H3,(H3,15,16,18,19)/t12-/m1/s1. The highest BCUT2D eigenvalue weighted by Gasteiger charge is 2.27. The van der Waals surface area contributed by atoms with Crippen molar-refractivity contribution in [3.63, 3.8) is 0 Å². The second-order valence-corrected chi connectivity index (χ2v) is 4.81. The lowest BCUT2D eigenvalue weighted by Crippen LogP contribution is -2.42. The van der Waals surface area contributed by atoms with Gasteiger partial charge in [-0.15, -0.1) is 0 Å². The number of nitrogens with two attached hydrogens (primary N) is 1. The molecule has 1 saturated heterocycles. The Hall–Kier alpha value is -2.08. The van der Waals surface area contributed by atoms with Gasteiger partial charge in [0.25, 0.3) is 0 Å². The van der Waals surface area contributed by atoms with Gasteiger partial charge in [-0.1, -0.05) is 12.1 Å². The summed E-state index contributed by atoms with van der Waals surface area (Å²) in [6.45, 7) is 1.02. The second kappa shape index (κ2) is 6.38. The number of rotatable bonds is 4. The van der Waals surface area contributed by atoms with Crippen LogP contribution in [0.15, 0.2) is 24.3 Å². The lowest BCUT2D eigenvalue weighted by atomic mass is 10.0. The molecule has 108 valence electrons. The van der Waals surface area contributed by atoms with Gasteiger partial charge in [0.1, 0.15) is 5.75 Å². The van der Waals surface area contributed by atoms with Gasteiger partial charge in [0.2, 0.25) is 5.91 Å². The Morgan fingerprint density at radius 2 is 2.10 bits per heavy atom. The molecule has 1 aromatic rings. The van der Waals surface area contributed by atoms with Crippen molar-refractivity contribution in [3.8, 4) is 5.75 Å². The van der Waals surface area contributed by atoms with E-state index in [0.29, 0.717) is 0 Å². The topological polar surface area (TPSA) is 84.7 Å². The normalized spacial score (nSPS) is 18.8. The third-order valence-electron chi connectivity index (χ3n) is 3.47. The molecule has 0 aliphatic carbocycles. The first-order chi connectivity index (χ1) is 9.60. The fraction of sp³-hybridized carbons (Fsp3) is 0.429. The van der Waals surface area contributed by atoms with Crippen molar-refractivity contribution in [3.05, 3.63) is 29.8 Å². The highest BCUT2D eigenvalue weighted by Crippen LogP contribution is 2.32. The van der Waals surface area contributed by atoms with Crippen molar-refractivity contribution < 1.29 is 14.3 Å². The zero-order chi connectivity index (χ0) is 14.5. The van der Waals surface area contributed by atoms with Crippen molar-refractivity contribution in [1.29, 1.82) is 0 Å². The highest BCUT2D eigenvalue weighted by molar-refractivity contribution is 5.94. The molecule has 0 spiro atoms. The predicted octanol–water partition coefficient (Wildman–Crippen LogP) is 1.03.